The Kier molecular flexibility index (Phi) is 7.14. The Morgan fingerprint density at radius 1 is 1.12 bits per heavy atom. The van der Waals surface area contributed by atoms with Crippen LogP contribution in [0.25, 0.3) is 0 Å². The van der Waals surface area contributed by atoms with Crippen molar-refractivity contribution < 1.29 is 0 Å². The van der Waals surface area contributed by atoms with Crippen LogP contribution in [-0.2, 0) is 0 Å². The van der Waals surface area contributed by atoms with Crippen LogP contribution in [0.3, 0.4) is 0 Å². The topological polar surface area (TPSA) is 15.3 Å². The molecule has 0 amide bonds. The van der Waals surface area contributed by atoms with Gasteiger partial charge in [-0.05, 0) is 32.2 Å². The summed E-state index contributed by atoms with van der Waals surface area (Å²) >= 11 is 0. The van der Waals surface area contributed by atoms with E-state index in [-0.39, 0.29) is 0 Å². The maximum Gasteiger partial charge on any atom is 0.0110 e. The maximum absolute atomic E-state index is 3.64. The lowest BCUT2D eigenvalue weighted by Crippen LogP contribution is -2.43. The van der Waals surface area contributed by atoms with Gasteiger partial charge in [0, 0.05) is 25.2 Å². The van der Waals surface area contributed by atoms with E-state index in [1.165, 1.54) is 45.2 Å². The third kappa shape index (κ3) is 5.39. The number of hydrogen-bond donors (Lipinski definition) is 1. The highest BCUT2D eigenvalue weighted by Crippen LogP contribution is 2.22. The Morgan fingerprint density at radius 3 is 2.29 bits per heavy atom. The highest BCUT2D eigenvalue weighted by molar-refractivity contribution is 4.76. The van der Waals surface area contributed by atoms with Gasteiger partial charge in [-0.2, -0.15) is 0 Å². The zero-order valence-corrected chi connectivity index (χ0v) is 12.3. The normalized spacial score (nSPS) is 20.1. The predicted molar refractivity (Wildman–Crippen MR) is 76.4 cm³/mol. The van der Waals surface area contributed by atoms with Crippen LogP contribution >= 0.6 is 0 Å². The van der Waals surface area contributed by atoms with Crippen LogP contribution in [0.5, 0.6) is 0 Å². The summed E-state index contributed by atoms with van der Waals surface area (Å²) in [6.07, 6.45) is 7.19. The second kappa shape index (κ2) is 8.10. The minimum Gasteiger partial charge on any atom is -0.313 e. The first-order valence-electron chi connectivity index (χ1n) is 7.62. The molecule has 0 saturated heterocycles. The zero-order valence-electron chi connectivity index (χ0n) is 12.3. The first kappa shape index (κ1) is 15.0. The molecule has 102 valence electrons. The highest BCUT2D eigenvalue weighted by Gasteiger charge is 2.19. The first-order chi connectivity index (χ1) is 8.15. The molecule has 1 rings (SSSR count). The van der Waals surface area contributed by atoms with E-state index >= 15 is 0 Å². The molecule has 1 unspecified atom stereocenters. The monoisotopic (exact) mass is 240 g/mol. The molecule has 1 atom stereocenters. The smallest absolute Gasteiger partial charge is 0.0110 e. The van der Waals surface area contributed by atoms with Gasteiger partial charge in [0.2, 0.25) is 0 Å². The van der Waals surface area contributed by atoms with Crippen molar-refractivity contribution in [2.24, 2.45) is 5.92 Å². The molecule has 0 spiro atoms. The fourth-order valence-electron chi connectivity index (χ4n) is 2.72. The summed E-state index contributed by atoms with van der Waals surface area (Å²) in [5.74, 6) is 0.736. The fraction of sp³-hybridized carbons (Fsp3) is 1.00. The van der Waals surface area contributed by atoms with Crippen LogP contribution in [0.15, 0.2) is 0 Å². The molecule has 0 aromatic carbocycles. The van der Waals surface area contributed by atoms with E-state index in [1.54, 1.807) is 0 Å². The molecule has 17 heavy (non-hydrogen) atoms. The van der Waals surface area contributed by atoms with Crippen molar-refractivity contribution in [2.45, 2.75) is 71.9 Å². The Hall–Kier alpha value is -0.0800. The van der Waals surface area contributed by atoms with Crippen LogP contribution in [0.2, 0.25) is 0 Å². The molecule has 1 aliphatic carbocycles. The van der Waals surface area contributed by atoms with Gasteiger partial charge < -0.3 is 5.32 Å². The molecule has 2 nitrogen and oxygen atoms in total. The van der Waals surface area contributed by atoms with Crippen molar-refractivity contribution in [1.29, 1.82) is 0 Å². The van der Waals surface area contributed by atoms with Crippen molar-refractivity contribution in [2.75, 3.05) is 19.6 Å². The Morgan fingerprint density at radius 2 is 1.76 bits per heavy atom. The van der Waals surface area contributed by atoms with Crippen LogP contribution in [0.1, 0.15) is 59.8 Å². The second-order valence-corrected chi connectivity index (χ2v) is 5.91. The molecular weight excluding hydrogens is 208 g/mol. The standard InChI is InChI=1S/C15H32N2/c1-5-17(15-9-7-6-8-10-15)12-11-16-14(4)13(2)3/h13-16H,5-12H2,1-4H3. The maximum atomic E-state index is 3.64. The van der Waals surface area contributed by atoms with Crippen LogP contribution in [0, 0.1) is 5.92 Å². The predicted octanol–water partition coefficient (Wildman–Crippen LogP) is 3.28. The SMILES string of the molecule is CCN(CCNC(C)C(C)C)C1CCCCC1. The van der Waals surface area contributed by atoms with Gasteiger partial charge in [0.1, 0.15) is 0 Å². The number of likely N-dealkylation sites (N-methyl/N-ethyl adjacent to an activating group) is 1. The third-order valence-electron chi connectivity index (χ3n) is 4.36. The summed E-state index contributed by atoms with van der Waals surface area (Å²) in [4.78, 5) is 2.68. The van der Waals surface area contributed by atoms with E-state index in [9.17, 15) is 0 Å². The Balaban J connectivity index is 2.22. The summed E-state index contributed by atoms with van der Waals surface area (Å²) < 4.78 is 0. The summed E-state index contributed by atoms with van der Waals surface area (Å²) in [5.41, 5.74) is 0. The number of nitrogens with one attached hydrogen (secondary N) is 1. The van der Waals surface area contributed by atoms with E-state index in [1.807, 2.05) is 0 Å². The molecule has 0 aliphatic heterocycles. The highest BCUT2D eigenvalue weighted by atomic mass is 15.2. The van der Waals surface area contributed by atoms with Gasteiger partial charge in [-0.3, -0.25) is 4.90 Å². The molecule has 1 saturated carbocycles. The van der Waals surface area contributed by atoms with E-state index in [0.29, 0.717) is 6.04 Å². The average Bonchev–Trinajstić information content (AvgIpc) is 2.35. The largest absolute Gasteiger partial charge is 0.313 e. The van der Waals surface area contributed by atoms with Gasteiger partial charge in [-0.25, -0.2) is 0 Å². The molecule has 0 aromatic heterocycles. The average molecular weight is 240 g/mol. The molecule has 1 fully saturated rings. The van der Waals surface area contributed by atoms with Crippen LogP contribution in [0.4, 0.5) is 0 Å². The lowest BCUT2D eigenvalue weighted by molar-refractivity contribution is 0.162. The Bertz CT molecular complexity index is 185. The minimum atomic E-state index is 0.639. The quantitative estimate of drug-likeness (QED) is 0.735. The molecule has 0 heterocycles. The zero-order chi connectivity index (χ0) is 12.7. The van der Waals surface area contributed by atoms with E-state index in [4.69, 9.17) is 0 Å². The number of nitrogens with zero attached hydrogens (tertiary/aromatic N) is 1. The third-order valence-corrected chi connectivity index (χ3v) is 4.36. The van der Waals surface area contributed by atoms with Crippen molar-refractivity contribution in [3.8, 4) is 0 Å². The second-order valence-electron chi connectivity index (χ2n) is 5.91. The summed E-state index contributed by atoms with van der Waals surface area (Å²) in [5, 5.41) is 3.64. The van der Waals surface area contributed by atoms with E-state index < -0.39 is 0 Å². The van der Waals surface area contributed by atoms with E-state index in [0.717, 1.165) is 18.5 Å². The van der Waals surface area contributed by atoms with E-state index in [2.05, 4.69) is 37.9 Å². The lowest BCUT2D eigenvalue weighted by Gasteiger charge is -2.34. The summed E-state index contributed by atoms with van der Waals surface area (Å²) in [7, 11) is 0. The first-order valence-corrected chi connectivity index (χ1v) is 7.62. The van der Waals surface area contributed by atoms with Gasteiger partial charge in [-0.1, -0.05) is 40.0 Å². The molecule has 0 radical (unpaired) electrons. The number of hydrogen-bond acceptors (Lipinski definition) is 2. The molecule has 1 aliphatic rings. The molecular formula is C15H32N2. The fourth-order valence-corrected chi connectivity index (χ4v) is 2.72. The van der Waals surface area contributed by atoms with Gasteiger partial charge in [0.05, 0.1) is 0 Å². The van der Waals surface area contributed by atoms with Crippen LogP contribution in [-0.4, -0.2) is 36.6 Å². The van der Waals surface area contributed by atoms with Crippen molar-refractivity contribution in [3.05, 3.63) is 0 Å². The van der Waals surface area contributed by atoms with Crippen molar-refractivity contribution in [3.63, 3.8) is 0 Å². The lowest BCUT2D eigenvalue weighted by atomic mass is 9.94. The minimum absolute atomic E-state index is 0.639. The van der Waals surface area contributed by atoms with Gasteiger partial charge in [0.15, 0.2) is 0 Å². The van der Waals surface area contributed by atoms with Gasteiger partial charge >= 0.3 is 0 Å². The van der Waals surface area contributed by atoms with Gasteiger partial charge in [0.25, 0.3) is 0 Å². The number of rotatable bonds is 7. The molecule has 2 heteroatoms. The van der Waals surface area contributed by atoms with Gasteiger partial charge in [-0.15, -0.1) is 0 Å². The summed E-state index contributed by atoms with van der Waals surface area (Å²) in [6.45, 7) is 12.7. The Labute approximate surface area is 108 Å². The molecule has 0 bridgehead atoms. The molecule has 1 N–H and O–H groups in total. The van der Waals surface area contributed by atoms with Crippen LogP contribution < -0.4 is 5.32 Å². The van der Waals surface area contributed by atoms with Crippen molar-refractivity contribution in [1.82, 2.24) is 10.2 Å². The summed E-state index contributed by atoms with van der Waals surface area (Å²) in [6, 6.07) is 1.50. The van der Waals surface area contributed by atoms with Crippen molar-refractivity contribution >= 4 is 0 Å². The molecule has 0 aromatic rings.